The lowest BCUT2D eigenvalue weighted by Gasteiger charge is -2.29. The van der Waals surface area contributed by atoms with Crippen molar-refractivity contribution < 1.29 is 0 Å². The molecule has 0 spiro atoms. The van der Waals surface area contributed by atoms with Crippen molar-refractivity contribution in [1.29, 1.82) is 0 Å². The van der Waals surface area contributed by atoms with Gasteiger partial charge in [-0.3, -0.25) is 9.88 Å². The largest absolute Gasteiger partial charge is 0.295 e. The third-order valence-corrected chi connectivity index (χ3v) is 3.56. The molecule has 0 aliphatic heterocycles. The molecule has 0 fully saturated rings. The molecule has 0 amide bonds. The van der Waals surface area contributed by atoms with E-state index in [0.29, 0.717) is 12.1 Å². The van der Waals surface area contributed by atoms with Crippen molar-refractivity contribution in [3.63, 3.8) is 0 Å². The fourth-order valence-electron chi connectivity index (χ4n) is 2.51. The van der Waals surface area contributed by atoms with Gasteiger partial charge < -0.3 is 0 Å². The van der Waals surface area contributed by atoms with Gasteiger partial charge in [0.2, 0.25) is 0 Å². The van der Waals surface area contributed by atoms with Crippen LogP contribution in [0.25, 0.3) is 17.0 Å². The van der Waals surface area contributed by atoms with Gasteiger partial charge in [0.25, 0.3) is 0 Å². The van der Waals surface area contributed by atoms with Crippen LogP contribution in [-0.4, -0.2) is 28.5 Å². The van der Waals surface area contributed by atoms with Crippen LogP contribution in [0.4, 0.5) is 0 Å². The molecule has 0 saturated carbocycles. The summed E-state index contributed by atoms with van der Waals surface area (Å²) < 4.78 is 0. The maximum absolute atomic E-state index is 4.48. The third kappa shape index (κ3) is 3.67. The minimum atomic E-state index is 0.564. The van der Waals surface area contributed by atoms with Crippen LogP contribution in [0.15, 0.2) is 42.6 Å². The number of fused-ring (bicyclic) bond motifs is 1. The van der Waals surface area contributed by atoms with Gasteiger partial charge in [0.15, 0.2) is 0 Å². The van der Waals surface area contributed by atoms with E-state index < -0.39 is 0 Å². The summed E-state index contributed by atoms with van der Waals surface area (Å²) in [5.74, 6) is 0. The maximum atomic E-state index is 4.48. The third-order valence-electron chi connectivity index (χ3n) is 3.56. The van der Waals surface area contributed by atoms with Crippen LogP contribution in [-0.2, 0) is 0 Å². The molecular weight excluding hydrogens is 244 g/mol. The molecule has 0 radical (unpaired) electrons. The average molecular weight is 268 g/mol. The molecule has 0 aliphatic rings. The summed E-state index contributed by atoms with van der Waals surface area (Å²) in [6, 6.07) is 11.5. The quantitative estimate of drug-likeness (QED) is 0.800. The summed E-state index contributed by atoms with van der Waals surface area (Å²) in [7, 11) is 0. The number of pyridine rings is 1. The molecule has 2 nitrogen and oxygen atoms in total. The van der Waals surface area contributed by atoms with Crippen molar-refractivity contribution in [2.45, 2.75) is 39.8 Å². The second-order valence-corrected chi connectivity index (χ2v) is 5.75. The number of hydrogen-bond acceptors (Lipinski definition) is 2. The standard InChI is InChI=1S/C18H24N2/c1-14(2)20(15(3)4)11-7-8-16-12-17-9-5-6-10-18(17)19-13-16/h5-10,12-15H,11H2,1-4H3/b8-7+. The Labute approximate surface area is 122 Å². The van der Waals surface area contributed by atoms with Crippen molar-refractivity contribution in [2.24, 2.45) is 0 Å². The molecule has 1 aromatic heterocycles. The zero-order valence-corrected chi connectivity index (χ0v) is 12.9. The number of para-hydroxylation sites is 1. The van der Waals surface area contributed by atoms with Crippen LogP contribution >= 0.6 is 0 Å². The number of nitrogens with zero attached hydrogens (tertiary/aromatic N) is 2. The van der Waals surface area contributed by atoms with E-state index in [-0.39, 0.29) is 0 Å². The van der Waals surface area contributed by atoms with Gasteiger partial charge in [-0.25, -0.2) is 0 Å². The first-order valence-corrected chi connectivity index (χ1v) is 7.35. The van der Waals surface area contributed by atoms with Crippen molar-refractivity contribution >= 4 is 17.0 Å². The summed E-state index contributed by atoms with van der Waals surface area (Å²) in [5.41, 5.74) is 2.21. The number of hydrogen-bond donors (Lipinski definition) is 0. The van der Waals surface area contributed by atoms with E-state index in [2.05, 4.69) is 67.9 Å². The van der Waals surface area contributed by atoms with Gasteiger partial charge in [-0.1, -0.05) is 30.4 Å². The van der Waals surface area contributed by atoms with E-state index in [1.54, 1.807) is 0 Å². The lowest BCUT2D eigenvalue weighted by molar-refractivity contribution is 0.196. The first-order valence-electron chi connectivity index (χ1n) is 7.35. The molecule has 0 atom stereocenters. The van der Waals surface area contributed by atoms with Gasteiger partial charge in [0.05, 0.1) is 5.52 Å². The van der Waals surface area contributed by atoms with E-state index in [1.807, 2.05) is 18.3 Å². The molecule has 0 saturated heterocycles. The Hall–Kier alpha value is -1.67. The van der Waals surface area contributed by atoms with Crippen molar-refractivity contribution in [1.82, 2.24) is 9.88 Å². The van der Waals surface area contributed by atoms with Crippen molar-refractivity contribution in [3.05, 3.63) is 48.2 Å². The van der Waals surface area contributed by atoms with Gasteiger partial charge in [-0.2, -0.15) is 0 Å². The Bertz CT molecular complexity index is 577. The molecule has 2 rings (SSSR count). The first kappa shape index (κ1) is 14.7. The van der Waals surface area contributed by atoms with Crippen LogP contribution in [0, 0.1) is 0 Å². The molecule has 20 heavy (non-hydrogen) atoms. The molecule has 1 aromatic carbocycles. The summed E-state index contributed by atoms with van der Waals surface area (Å²) >= 11 is 0. The van der Waals surface area contributed by atoms with E-state index in [9.17, 15) is 0 Å². The normalized spacial score (nSPS) is 12.3. The number of benzene rings is 1. The number of aromatic nitrogens is 1. The first-order chi connectivity index (χ1) is 9.58. The highest BCUT2D eigenvalue weighted by Crippen LogP contribution is 2.14. The second kappa shape index (κ2) is 6.67. The molecule has 2 heteroatoms. The van der Waals surface area contributed by atoms with E-state index in [0.717, 1.165) is 17.6 Å². The van der Waals surface area contributed by atoms with Crippen LogP contribution in [0.2, 0.25) is 0 Å². The molecule has 1 heterocycles. The van der Waals surface area contributed by atoms with E-state index in [4.69, 9.17) is 0 Å². The van der Waals surface area contributed by atoms with Crippen LogP contribution in [0.5, 0.6) is 0 Å². The molecule has 0 aliphatic carbocycles. The minimum absolute atomic E-state index is 0.564. The monoisotopic (exact) mass is 268 g/mol. The predicted molar refractivity (Wildman–Crippen MR) is 87.8 cm³/mol. The van der Waals surface area contributed by atoms with Gasteiger partial charge in [-0.15, -0.1) is 0 Å². The highest BCUT2D eigenvalue weighted by atomic mass is 15.2. The van der Waals surface area contributed by atoms with Gasteiger partial charge >= 0.3 is 0 Å². The highest BCUT2D eigenvalue weighted by Gasteiger charge is 2.10. The predicted octanol–water partition coefficient (Wildman–Crippen LogP) is 4.37. The van der Waals surface area contributed by atoms with Crippen LogP contribution < -0.4 is 0 Å². The summed E-state index contributed by atoms with van der Waals surface area (Å²) in [5, 5.41) is 1.19. The Morgan fingerprint density at radius 2 is 1.80 bits per heavy atom. The number of rotatable bonds is 5. The Kier molecular flexibility index (Phi) is 4.91. The summed E-state index contributed by atoms with van der Waals surface area (Å²) in [6.45, 7) is 9.94. The Balaban J connectivity index is 2.09. The van der Waals surface area contributed by atoms with E-state index in [1.165, 1.54) is 5.39 Å². The Morgan fingerprint density at radius 1 is 1.10 bits per heavy atom. The molecular formula is C18H24N2. The fourth-order valence-corrected chi connectivity index (χ4v) is 2.51. The lowest BCUT2D eigenvalue weighted by Crippen LogP contribution is -2.36. The summed E-state index contributed by atoms with van der Waals surface area (Å²) in [6.07, 6.45) is 6.33. The average Bonchev–Trinajstić information content (AvgIpc) is 2.42. The zero-order valence-electron chi connectivity index (χ0n) is 12.9. The van der Waals surface area contributed by atoms with E-state index >= 15 is 0 Å². The van der Waals surface area contributed by atoms with Crippen LogP contribution in [0.3, 0.4) is 0 Å². The topological polar surface area (TPSA) is 16.1 Å². The molecule has 0 bridgehead atoms. The Morgan fingerprint density at radius 3 is 2.50 bits per heavy atom. The zero-order chi connectivity index (χ0) is 14.5. The molecule has 106 valence electrons. The minimum Gasteiger partial charge on any atom is -0.295 e. The molecule has 0 N–H and O–H groups in total. The van der Waals surface area contributed by atoms with Gasteiger partial charge in [0.1, 0.15) is 0 Å². The van der Waals surface area contributed by atoms with Crippen molar-refractivity contribution in [3.8, 4) is 0 Å². The van der Waals surface area contributed by atoms with Crippen molar-refractivity contribution in [2.75, 3.05) is 6.54 Å². The second-order valence-electron chi connectivity index (χ2n) is 5.75. The van der Waals surface area contributed by atoms with Gasteiger partial charge in [0, 0.05) is 30.2 Å². The molecule has 0 unspecified atom stereocenters. The molecule has 2 aromatic rings. The summed E-state index contributed by atoms with van der Waals surface area (Å²) in [4.78, 5) is 6.95. The fraction of sp³-hybridized carbons (Fsp3) is 0.389. The SMILES string of the molecule is CC(C)N(C/C=C/c1cnc2ccccc2c1)C(C)C. The maximum Gasteiger partial charge on any atom is 0.0702 e. The van der Waals surface area contributed by atoms with Crippen LogP contribution in [0.1, 0.15) is 33.3 Å². The smallest absolute Gasteiger partial charge is 0.0702 e. The highest BCUT2D eigenvalue weighted by molar-refractivity contribution is 5.80. The van der Waals surface area contributed by atoms with Gasteiger partial charge in [-0.05, 0) is 45.4 Å². The lowest BCUT2D eigenvalue weighted by atomic mass is 10.1.